The van der Waals surface area contributed by atoms with E-state index in [1.54, 1.807) is 12.1 Å². The highest BCUT2D eigenvalue weighted by Gasteiger charge is 2.27. The van der Waals surface area contributed by atoms with Crippen molar-refractivity contribution in [1.29, 1.82) is 0 Å². The molecule has 0 aliphatic carbocycles. The Bertz CT molecular complexity index is 1020. The van der Waals surface area contributed by atoms with E-state index >= 15 is 0 Å². The van der Waals surface area contributed by atoms with Crippen LogP contribution in [0.1, 0.15) is 41.7 Å². The molecule has 0 unspecified atom stereocenters. The van der Waals surface area contributed by atoms with Gasteiger partial charge in [-0.15, -0.1) is 0 Å². The molecule has 0 spiro atoms. The van der Waals surface area contributed by atoms with Crippen molar-refractivity contribution in [2.24, 2.45) is 0 Å². The molecular weight excluding hydrogens is 392 g/mol. The molecule has 0 saturated carbocycles. The molecule has 7 nitrogen and oxygen atoms in total. The summed E-state index contributed by atoms with van der Waals surface area (Å²) in [7, 11) is -3.56. The Kier molecular flexibility index (Phi) is 5.47. The first-order chi connectivity index (χ1) is 13.9. The number of carbonyl (C=O) groups excluding carboxylic acids is 1. The summed E-state index contributed by atoms with van der Waals surface area (Å²) in [6.07, 6.45) is 1.74. The second-order valence-corrected chi connectivity index (χ2v) is 9.18. The van der Waals surface area contributed by atoms with Crippen molar-refractivity contribution in [3.8, 4) is 11.5 Å². The van der Waals surface area contributed by atoms with Gasteiger partial charge >= 0.3 is 0 Å². The van der Waals surface area contributed by atoms with Gasteiger partial charge in [-0.1, -0.05) is 12.1 Å². The van der Waals surface area contributed by atoms with Gasteiger partial charge in [-0.3, -0.25) is 4.79 Å². The van der Waals surface area contributed by atoms with Crippen LogP contribution in [-0.2, 0) is 10.0 Å². The van der Waals surface area contributed by atoms with Gasteiger partial charge in [-0.2, -0.15) is 4.31 Å². The number of rotatable bonds is 5. The van der Waals surface area contributed by atoms with Gasteiger partial charge in [-0.25, -0.2) is 8.42 Å². The molecule has 4 rings (SSSR count). The maximum absolute atomic E-state index is 12.8. The highest BCUT2D eigenvalue weighted by atomic mass is 32.2. The molecule has 0 radical (unpaired) electrons. The van der Waals surface area contributed by atoms with Gasteiger partial charge < -0.3 is 14.8 Å². The molecule has 1 atom stereocenters. The number of sulfonamides is 1. The van der Waals surface area contributed by atoms with Crippen molar-refractivity contribution in [2.45, 2.75) is 30.7 Å². The minimum absolute atomic E-state index is 0.152. The Labute approximate surface area is 170 Å². The molecule has 1 fully saturated rings. The monoisotopic (exact) mass is 416 g/mol. The zero-order valence-corrected chi connectivity index (χ0v) is 17.1. The Balaban J connectivity index is 1.50. The molecule has 2 aromatic carbocycles. The lowest BCUT2D eigenvalue weighted by atomic mass is 10.1. The zero-order chi connectivity index (χ0) is 20.4. The lowest BCUT2D eigenvalue weighted by Gasteiger charge is -2.21. The predicted octanol–water partition coefficient (Wildman–Crippen LogP) is 2.73. The van der Waals surface area contributed by atoms with Crippen molar-refractivity contribution < 1.29 is 22.7 Å². The Morgan fingerprint density at radius 1 is 1.03 bits per heavy atom. The lowest BCUT2D eigenvalue weighted by molar-refractivity contribution is 0.0939. The van der Waals surface area contributed by atoms with E-state index in [1.165, 1.54) is 16.4 Å². The largest absolute Gasteiger partial charge is 0.486 e. The zero-order valence-electron chi connectivity index (χ0n) is 16.3. The van der Waals surface area contributed by atoms with Gasteiger partial charge in [0.2, 0.25) is 10.0 Å². The quantitative estimate of drug-likeness (QED) is 0.810. The summed E-state index contributed by atoms with van der Waals surface area (Å²) in [5.41, 5.74) is 1.19. The van der Waals surface area contributed by atoms with E-state index in [9.17, 15) is 13.2 Å². The number of carbonyl (C=O) groups is 1. The molecule has 2 heterocycles. The molecule has 0 bridgehead atoms. The average molecular weight is 416 g/mol. The molecule has 1 N–H and O–H groups in total. The van der Waals surface area contributed by atoms with Crippen molar-refractivity contribution in [2.75, 3.05) is 26.3 Å². The van der Waals surface area contributed by atoms with Gasteiger partial charge in [0, 0.05) is 18.7 Å². The molecule has 2 aliphatic heterocycles. The van der Waals surface area contributed by atoms with Crippen molar-refractivity contribution in [1.82, 2.24) is 9.62 Å². The highest BCUT2D eigenvalue weighted by molar-refractivity contribution is 7.89. The van der Waals surface area contributed by atoms with Crippen LogP contribution in [0, 0.1) is 0 Å². The lowest BCUT2D eigenvalue weighted by Crippen LogP contribution is -2.29. The van der Waals surface area contributed by atoms with Crippen LogP contribution in [0.15, 0.2) is 47.4 Å². The van der Waals surface area contributed by atoms with Crippen LogP contribution in [0.5, 0.6) is 11.5 Å². The van der Waals surface area contributed by atoms with Crippen molar-refractivity contribution in [3.63, 3.8) is 0 Å². The van der Waals surface area contributed by atoms with Crippen molar-refractivity contribution >= 4 is 15.9 Å². The third-order valence-corrected chi connectivity index (χ3v) is 7.11. The first-order valence-electron chi connectivity index (χ1n) is 9.76. The number of hydrogen-bond donors (Lipinski definition) is 1. The van der Waals surface area contributed by atoms with Gasteiger partial charge in [-0.05, 0) is 55.7 Å². The molecule has 1 saturated heterocycles. The fourth-order valence-corrected chi connectivity index (χ4v) is 5.13. The van der Waals surface area contributed by atoms with Crippen LogP contribution in [0.25, 0.3) is 0 Å². The van der Waals surface area contributed by atoms with Crippen LogP contribution in [-0.4, -0.2) is 44.9 Å². The Morgan fingerprint density at radius 2 is 1.76 bits per heavy atom. The number of fused-ring (bicyclic) bond motifs is 1. The number of nitrogens with zero attached hydrogens (tertiary/aromatic N) is 1. The highest BCUT2D eigenvalue weighted by Crippen LogP contribution is 2.32. The standard InChI is InChI=1S/C21H24N2O5S/c1-15(16-7-8-19-20(14-16)28-12-11-27-19)22-21(24)17-5-4-6-18(13-17)29(25,26)23-9-2-3-10-23/h4-8,13-15H,2-3,9-12H2,1H3,(H,22,24)/t15-/m0/s1. The van der Waals surface area contributed by atoms with E-state index in [-0.39, 0.29) is 16.8 Å². The number of amides is 1. The summed E-state index contributed by atoms with van der Waals surface area (Å²) < 4.78 is 38.1. The fourth-order valence-electron chi connectivity index (χ4n) is 3.57. The van der Waals surface area contributed by atoms with Crippen LogP contribution in [0.2, 0.25) is 0 Å². The minimum Gasteiger partial charge on any atom is -0.486 e. The van der Waals surface area contributed by atoms with Crippen LogP contribution < -0.4 is 14.8 Å². The van der Waals surface area contributed by atoms with E-state index in [0.717, 1.165) is 18.4 Å². The molecule has 1 amide bonds. The summed E-state index contributed by atoms with van der Waals surface area (Å²) in [6.45, 7) is 3.94. The molecule has 0 aromatic heterocycles. The number of hydrogen-bond acceptors (Lipinski definition) is 5. The first kappa shape index (κ1) is 19.7. The van der Waals surface area contributed by atoms with E-state index in [4.69, 9.17) is 9.47 Å². The number of nitrogens with one attached hydrogen (secondary N) is 1. The molecule has 154 valence electrons. The molecule has 2 aromatic rings. The Hall–Kier alpha value is -2.58. The summed E-state index contributed by atoms with van der Waals surface area (Å²) in [4.78, 5) is 12.9. The van der Waals surface area contributed by atoms with E-state index in [2.05, 4.69) is 5.32 Å². The smallest absolute Gasteiger partial charge is 0.251 e. The van der Waals surface area contributed by atoms with E-state index in [1.807, 2.05) is 25.1 Å². The predicted molar refractivity (Wildman–Crippen MR) is 108 cm³/mol. The number of ether oxygens (including phenoxy) is 2. The van der Waals surface area contributed by atoms with Gasteiger partial charge in [0.1, 0.15) is 13.2 Å². The summed E-state index contributed by atoms with van der Waals surface area (Å²) >= 11 is 0. The van der Waals surface area contributed by atoms with Crippen LogP contribution in [0.4, 0.5) is 0 Å². The molecule has 29 heavy (non-hydrogen) atoms. The summed E-state index contributed by atoms with van der Waals surface area (Å²) in [5.74, 6) is 1.03. The van der Waals surface area contributed by atoms with E-state index in [0.29, 0.717) is 43.4 Å². The van der Waals surface area contributed by atoms with Gasteiger partial charge in [0.25, 0.3) is 5.91 Å². The van der Waals surface area contributed by atoms with Crippen LogP contribution in [0.3, 0.4) is 0 Å². The second-order valence-electron chi connectivity index (χ2n) is 7.24. The third kappa shape index (κ3) is 4.09. The fraction of sp³-hybridized carbons (Fsp3) is 0.381. The van der Waals surface area contributed by atoms with E-state index < -0.39 is 10.0 Å². The summed E-state index contributed by atoms with van der Waals surface area (Å²) in [6, 6.07) is 11.5. The van der Waals surface area contributed by atoms with Crippen LogP contribution >= 0.6 is 0 Å². The van der Waals surface area contributed by atoms with Gasteiger partial charge in [0.05, 0.1) is 10.9 Å². The topological polar surface area (TPSA) is 84.9 Å². The average Bonchev–Trinajstić information content (AvgIpc) is 3.29. The summed E-state index contributed by atoms with van der Waals surface area (Å²) in [5, 5.41) is 2.92. The molecule has 2 aliphatic rings. The Morgan fingerprint density at radius 3 is 2.52 bits per heavy atom. The van der Waals surface area contributed by atoms with Gasteiger partial charge in [0.15, 0.2) is 11.5 Å². The third-order valence-electron chi connectivity index (χ3n) is 5.21. The maximum atomic E-state index is 12.8. The molecular formula is C21H24N2O5S. The minimum atomic E-state index is -3.56. The second kappa shape index (κ2) is 8.04. The first-order valence-corrected chi connectivity index (χ1v) is 11.2. The normalized spacial score (nSPS) is 17.7. The maximum Gasteiger partial charge on any atom is 0.251 e. The van der Waals surface area contributed by atoms with Crippen molar-refractivity contribution in [3.05, 3.63) is 53.6 Å². The molecule has 8 heteroatoms. The number of benzene rings is 2. The SMILES string of the molecule is C[C@H](NC(=O)c1cccc(S(=O)(=O)N2CCCC2)c1)c1ccc2c(c1)OCCO2.